The van der Waals surface area contributed by atoms with Crippen LogP contribution >= 0.6 is 0 Å². The van der Waals surface area contributed by atoms with Gasteiger partial charge in [0.2, 0.25) is 0 Å². The topological polar surface area (TPSA) is 30.5 Å². The molecule has 20 heavy (non-hydrogen) atoms. The molecular weight excluding hydrogens is 271 g/mol. The average Bonchev–Trinajstić information content (AvgIpc) is 2.31. The van der Waals surface area contributed by atoms with Crippen molar-refractivity contribution in [1.82, 2.24) is 5.32 Å². The van der Waals surface area contributed by atoms with Gasteiger partial charge in [0, 0.05) is 12.1 Å². The number of hydrogen-bond donors (Lipinski definition) is 1. The van der Waals surface area contributed by atoms with E-state index in [1.165, 1.54) is 0 Å². The van der Waals surface area contributed by atoms with Gasteiger partial charge in [0.05, 0.1) is 0 Å². The number of nitrogens with one attached hydrogen (secondary N) is 1. The maximum Gasteiger partial charge on any atom is 0.411 e. The molecule has 0 saturated heterocycles. The molecule has 6 heteroatoms. The minimum absolute atomic E-state index is 0.0284. The molecule has 0 unspecified atom stereocenters. The Morgan fingerprint density at radius 1 is 1.05 bits per heavy atom. The van der Waals surface area contributed by atoms with Crippen molar-refractivity contribution in [2.45, 2.75) is 39.0 Å². The smallest absolute Gasteiger partial charge is 0.411 e. The molecule has 0 aliphatic heterocycles. The molecular formula is C14H20F3NO2. The SMILES string of the molecule is CC(C)(C)NCc1ccc(OCOCC(F)(F)F)cc1. The summed E-state index contributed by atoms with van der Waals surface area (Å²) in [7, 11) is 0. The van der Waals surface area contributed by atoms with Gasteiger partial charge in [-0.15, -0.1) is 0 Å². The zero-order valence-corrected chi connectivity index (χ0v) is 11.9. The molecule has 0 aliphatic rings. The molecule has 1 aromatic rings. The molecule has 114 valence electrons. The van der Waals surface area contributed by atoms with Gasteiger partial charge >= 0.3 is 6.18 Å². The third-order valence-corrected chi connectivity index (χ3v) is 2.32. The van der Waals surface area contributed by atoms with Gasteiger partial charge in [-0.05, 0) is 38.5 Å². The molecule has 0 radical (unpaired) electrons. The van der Waals surface area contributed by atoms with E-state index in [1.54, 1.807) is 12.1 Å². The Morgan fingerprint density at radius 2 is 1.65 bits per heavy atom. The Hall–Kier alpha value is -1.27. The second kappa shape index (κ2) is 6.95. The van der Waals surface area contributed by atoms with Gasteiger partial charge in [-0.1, -0.05) is 12.1 Å². The third-order valence-electron chi connectivity index (χ3n) is 2.32. The van der Waals surface area contributed by atoms with Crippen LogP contribution in [0.25, 0.3) is 0 Å². The van der Waals surface area contributed by atoms with Gasteiger partial charge in [-0.3, -0.25) is 0 Å². The van der Waals surface area contributed by atoms with Crippen LogP contribution in [0, 0.1) is 0 Å². The van der Waals surface area contributed by atoms with Crippen molar-refractivity contribution in [3.8, 4) is 5.75 Å². The van der Waals surface area contributed by atoms with Gasteiger partial charge in [-0.25, -0.2) is 0 Å². The second-order valence-electron chi connectivity index (χ2n) is 5.47. The fourth-order valence-electron chi connectivity index (χ4n) is 1.34. The van der Waals surface area contributed by atoms with Crippen molar-refractivity contribution in [2.24, 2.45) is 0 Å². The molecule has 0 fully saturated rings. The molecule has 0 amide bonds. The van der Waals surface area contributed by atoms with E-state index in [0.717, 1.165) is 5.56 Å². The minimum atomic E-state index is -4.33. The predicted molar refractivity (Wildman–Crippen MR) is 70.5 cm³/mol. The first-order valence-corrected chi connectivity index (χ1v) is 6.27. The molecule has 0 spiro atoms. The standard InChI is InChI=1S/C14H20F3NO2/c1-13(2,3)18-8-11-4-6-12(7-5-11)20-10-19-9-14(15,16)17/h4-7,18H,8-10H2,1-3H3. The van der Waals surface area contributed by atoms with Crippen LogP contribution in [0.4, 0.5) is 13.2 Å². The van der Waals surface area contributed by atoms with Crippen molar-refractivity contribution < 1.29 is 22.6 Å². The number of rotatable bonds is 6. The fraction of sp³-hybridized carbons (Fsp3) is 0.571. The van der Waals surface area contributed by atoms with E-state index in [1.807, 2.05) is 12.1 Å². The van der Waals surface area contributed by atoms with Gasteiger partial charge in [0.25, 0.3) is 0 Å². The summed E-state index contributed by atoms with van der Waals surface area (Å²) >= 11 is 0. The Bertz CT molecular complexity index is 396. The molecule has 0 aromatic heterocycles. The largest absolute Gasteiger partial charge is 0.468 e. The van der Waals surface area contributed by atoms with Gasteiger partial charge in [0.1, 0.15) is 12.4 Å². The summed E-state index contributed by atoms with van der Waals surface area (Å²) in [6.07, 6.45) is -4.33. The van der Waals surface area contributed by atoms with E-state index in [-0.39, 0.29) is 5.54 Å². The van der Waals surface area contributed by atoms with Crippen LogP contribution in [0.5, 0.6) is 5.75 Å². The van der Waals surface area contributed by atoms with Gasteiger partial charge in [0.15, 0.2) is 6.79 Å². The van der Waals surface area contributed by atoms with Crippen molar-refractivity contribution in [1.29, 1.82) is 0 Å². The van der Waals surface area contributed by atoms with E-state index >= 15 is 0 Å². The second-order valence-corrected chi connectivity index (χ2v) is 5.47. The number of halogens is 3. The Balaban J connectivity index is 2.32. The quantitative estimate of drug-likeness (QED) is 0.643. The highest BCUT2D eigenvalue weighted by Crippen LogP contribution is 2.16. The van der Waals surface area contributed by atoms with E-state index in [0.29, 0.717) is 12.3 Å². The van der Waals surface area contributed by atoms with Crippen LogP contribution < -0.4 is 10.1 Å². The summed E-state index contributed by atoms with van der Waals surface area (Å²) in [5.41, 5.74) is 1.10. The zero-order valence-electron chi connectivity index (χ0n) is 11.9. The molecule has 0 atom stereocenters. The van der Waals surface area contributed by atoms with Crippen LogP contribution in [0.2, 0.25) is 0 Å². The lowest BCUT2D eigenvalue weighted by atomic mass is 10.1. The minimum Gasteiger partial charge on any atom is -0.468 e. The lowest BCUT2D eigenvalue weighted by Crippen LogP contribution is -2.35. The van der Waals surface area contributed by atoms with E-state index in [2.05, 4.69) is 30.8 Å². The van der Waals surface area contributed by atoms with E-state index < -0.39 is 19.6 Å². The van der Waals surface area contributed by atoms with Crippen molar-refractivity contribution in [3.63, 3.8) is 0 Å². The monoisotopic (exact) mass is 291 g/mol. The molecule has 1 aromatic carbocycles. The number of ether oxygens (including phenoxy) is 2. The molecule has 0 bridgehead atoms. The average molecular weight is 291 g/mol. The molecule has 0 aliphatic carbocycles. The van der Waals surface area contributed by atoms with Crippen molar-refractivity contribution in [2.75, 3.05) is 13.4 Å². The van der Waals surface area contributed by atoms with E-state index in [9.17, 15) is 13.2 Å². The molecule has 0 saturated carbocycles. The number of hydrogen-bond acceptors (Lipinski definition) is 3. The maximum absolute atomic E-state index is 11.8. The Morgan fingerprint density at radius 3 is 2.15 bits per heavy atom. The number of alkyl halides is 3. The van der Waals surface area contributed by atoms with Crippen molar-refractivity contribution in [3.05, 3.63) is 29.8 Å². The van der Waals surface area contributed by atoms with Crippen LogP contribution in [0.15, 0.2) is 24.3 Å². The van der Waals surface area contributed by atoms with E-state index in [4.69, 9.17) is 4.74 Å². The van der Waals surface area contributed by atoms with Crippen LogP contribution in [-0.2, 0) is 11.3 Å². The van der Waals surface area contributed by atoms with Crippen LogP contribution in [0.3, 0.4) is 0 Å². The summed E-state index contributed by atoms with van der Waals surface area (Å²) in [5, 5.41) is 3.34. The van der Waals surface area contributed by atoms with Crippen molar-refractivity contribution >= 4 is 0 Å². The molecule has 0 heterocycles. The summed E-state index contributed by atoms with van der Waals surface area (Å²) in [4.78, 5) is 0. The molecule has 1 N–H and O–H groups in total. The normalized spacial score (nSPS) is 12.5. The highest BCUT2D eigenvalue weighted by Gasteiger charge is 2.27. The highest BCUT2D eigenvalue weighted by molar-refractivity contribution is 5.27. The first-order valence-electron chi connectivity index (χ1n) is 6.27. The number of benzene rings is 1. The first kappa shape index (κ1) is 16.8. The summed E-state index contributed by atoms with van der Waals surface area (Å²) < 4.78 is 44.9. The first-order chi connectivity index (χ1) is 9.16. The lowest BCUT2D eigenvalue weighted by Gasteiger charge is -2.20. The van der Waals surface area contributed by atoms with Gasteiger partial charge in [-0.2, -0.15) is 13.2 Å². The third kappa shape index (κ3) is 8.01. The predicted octanol–water partition coefficient (Wildman–Crippen LogP) is 3.49. The maximum atomic E-state index is 11.8. The summed E-state index contributed by atoms with van der Waals surface area (Å²) in [5.74, 6) is 0.478. The summed E-state index contributed by atoms with van der Waals surface area (Å²) in [6, 6.07) is 7.13. The summed E-state index contributed by atoms with van der Waals surface area (Å²) in [6.45, 7) is 5.21. The van der Waals surface area contributed by atoms with Crippen LogP contribution in [-0.4, -0.2) is 25.1 Å². The Kier molecular flexibility index (Phi) is 5.83. The lowest BCUT2D eigenvalue weighted by molar-refractivity contribution is -0.186. The zero-order chi connectivity index (χ0) is 15.2. The van der Waals surface area contributed by atoms with Gasteiger partial charge < -0.3 is 14.8 Å². The molecule has 3 nitrogen and oxygen atoms in total. The highest BCUT2D eigenvalue weighted by atomic mass is 19.4. The molecule has 1 rings (SSSR count). The van der Waals surface area contributed by atoms with Crippen LogP contribution in [0.1, 0.15) is 26.3 Å². The fourth-order valence-corrected chi connectivity index (χ4v) is 1.34. The Labute approximate surface area is 117 Å².